The van der Waals surface area contributed by atoms with Gasteiger partial charge in [0.05, 0.1) is 18.2 Å². The van der Waals surface area contributed by atoms with E-state index in [1.165, 1.54) is 11.3 Å². The standard InChI is InChI=1S/C6H10N6O.C5H9Cl2N3O2/c1-12(2)11-10-6-4(5(7)13)8-3-9-6;6-1-3-8-5(11)10(9-12)4-2-7/h3H,1-2H3,(H2,7,13)(H,8,9);1-4H2,(H,8,11)/b11-10+;. The minimum Gasteiger partial charge on any atom is -0.364 e. The van der Waals surface area contributed by atoms with Crippen LogP contribution in [0.5, 0.6) is 0 Å². The Kier molecular flexibility index (Phi) is 11.6. The number of urea groups is 1. The Labute approximate surface area is 153 Å². The molecule has 0 atom stereocenters. The fourth-order valence-corrected chi connectivity index (χ4v) is 1.44. The number of aromatic nitrogens is 2. The Balaban J connectivity index is 0.000000463. The van der Waals surface area contributed by atoms with Crippen LogP contribution in [0.25, 0.3) is 0 Å². The van der Waals surface area contributed by atoms with Crippen LogP contribution in [0, 0.1) is 4.91 Å². The second kappa shape index (κ2) is 12.9. The monoisotopic (exact) mass is 395 g/mol. The number of H-pyrrole nitrogens is 1. The zero-order valence-corrected chi connectivity index (χ0v) is 15.2. The van der Waals surface area contributed by atoms with Crippen molar-refractivity contribution in [2.45, 2.75) is 0 Å². The number of nitrogens with two attached hydrogens (primary N) is 1. The molecule has 14 heteroatoms. The van der Waals surface area contributed by atoms with Gasteiger partial charge in [-0.2, -0.15) is 5.01 Å². The maximum atomic E-state index is 10.9. The van der Waals surface area contributed by atoms with Gasteiger partial charge in [0.1, 0.15) is 0 Å². The normalized spacial score (nSPS) is 9.92. The molecule has 0 aliphatic carbocycles. The summed E-state index contributed by atoms with van der Waals surface area (Å²) in [5, 5.41) is 14.5. The summed E-state index contributed by atoms with van der Waals surface area (Å²) in [4.78, 5) is 38.0. The summed E-state index contributed by atoms with van der Waals surface area (Å²) in [7, 11) is 3.42. The predicted octanol–water partition coefficient (Wildman–Crippen LogP) is 1.23. The highest BCUT2D eigenvalue weighted by Gasteiger charge is 2.11. The molecule has 0 aliphatic rings. The van der Waals surface area contributed by atoms with Crippen LogP contribution in [0.1, 0.15) is 10.5 Å². The van der Waals surface area contributed by atoms with Gasteiger partial charge in [-0.15, -0.1) is 33.2 Å². The third-order valence-electron chi connectivity index (χ3n) is 2.18. The predicted molar refractivity (Wildman–Crippen MR) is 92.6 cm³/mol. The average molecular weight is 396 g/mol. The molecule has 0 radical (unpaired) electrons. The molecule has 1 heterocycles. The van der Waals surface area contributed by atoms with Crippen molar-refractivity contribution in [1.82, 2.24) is 25.3 Å². The van der Waals surface area contributed by atoms with Gasteiger partial charge >= 0.3 is 6.03 Å². The molecule has 140 valence electrons. The van der Waals surface area contributed by atoms with Crippen LogP contribution >= 0.6 is 23.2 Å². The highest BCUT2D eigenvalue weighted by molar-refractivity contribution is 6.18. The van der Waals surface area contributed by atoms with Gasteiger partial charge in [0, 0.05) is 32.4 Å². The minimum absolute atomic E-state index is 0.0885. The van der Waals surface area contributed by atoms with E-state index < -0.39 is 11.9 Å². The smallest absolute Gasteiger partial charge is 0.340 e. The number of nitrogens with one attached hydrogen (secondary N) is 2. The number of halogens is 2. The Bertz CT molecular complexity index is 579. The molecule has 4 N–H and O–H groups in total. The van der Waals surface area contributed by atoms with Gasteiger partial charge in [-0.1, -0.05) is 5.22 Å². The van der Waals surface area contributed by atoms with Crippen molar-refractivity contribution in [3.8, 4) is 0 Å². The topological polar surface area (TPSA) is 161 Å². The maximum absolute atomic E-state index is 10.9. The molecular weight excluding hydrogens is 377 g/mol. The Morgan fingerprint density at radius 2 is 2.04 bits per heavy atom. The fourth-order valence-electron chi connectivity index (χ4n) is 1.18. The summed E-state index contributed by atoms with van der Waals surface area (Å²) in [5.41, 5.74) is 5.12. The van der Waals surface area contributed by atoms with Gasteiger partial charge in [0.2, 0.25) is 0 Å². The SMILES string of the molecule is CN(C)/N=N/c1[nH]cnc1C(N)=O.O=NN(CCCl)C(=O)NCCCl. The molecule has 0 bridgehead atoms. The number of carbonyl (C=O) groups excluding carboxylic acids is 2. The van der Waals surface area contributed by atoms with Gasteiger partial charge in [0.15, 0.2) is 11.5 Å². The summed E-state index contributed by atoms with van der Waals surface area (Å²) < 4.78 is 0. The number of hydrogen-bond acceptors (Lipinski definition) is 7. The van der Waals surface area contributed by atoms with Crippen molar-refractivity contribution in [3.05, 3.63) is 16.9 Å². The minimum atomic E-state index is -0.631. The number of rotatable bonds is 8. The second-order valence-electron chi connectivity index (χ2n) is 4.32. The largest absolute Gasteiger partial charge is 0.364 e. The zero-order chi connectivity index (χ0) is 19.2. The highest BCUT2D eigenvalue weighted by Crippen LogP contribution is 2.12. The van der Waals surface area contributed by atoms with Crippen molar-refractivity contribution >= 4 is 41.0 Å². The molecular formula is C11H19Cl2N9O3. The van der Waals surface area contributed by atoms with Gasteiger partial charge in [0.25, 0.3) is 5.91 Å². The lowest BCUT2D eigenvalue weighted by Gasteiger charge is -2.11. The van der Waals surface area contributed by atoms with Gasteiger partial charge in [-0.25, -0.2) is 9.78 Å². The van der Waals surface area contributed by atoms with Crippen LogP contribution < -0.4 is 11.1 Å². The van der Waals surface area contributed by atoms with Crippen LogP contribution in [0.3, 0.4) is 0 Å². The Hall–Kier alpha value is -2.47. The summed E-state index contributed by atoms with van der Waals surface area (Å²) in [6.45, 7) is 0.397. The highest BCUT2D eigenvalue weighted by atomic mass is 35.5. The Morgan fingerprint density at radius 1 is 1.36 bits per heavy atom. The molecule has 1 aromatic rings. The van der Waals surface area contributed by atoms with E-state index in [0.717, 1.165) is 0 Å². The summed E-state index contributed by atoms with van der Waals surface area (Å²) >= 11 is 10.6. The number of aromatic amines is 1. The van der Waals surface area contributed by atoms with Gasteiger partial charge in [-0.3, -0.25) is 9.80 Å². The van der Waals surface area contributed by atoms with E-state index in [0.29, 0.717) is 17.4 Å². The number of nitroso groups, excluding NO2 is 1. The summed E-state index contributed by atoms with van der Waals surface area (Å²) in [5.74, 6) is 0.0921. The van der Waals surface area contributed by atoms with Crippen LogP contribution in [-0.2, 0) is 0 Å². The number of hydrogen-bond donors (Lipinski definition) is 3. The van der Waals surface area contributed by atoms with E-state index >= 15 is 0 Å². The quantitative estimate of drug-likeness (QED) is 0.260. The number of nitrogens with zero attached hydrogens (tertiary/aromatic N) is 6. The Morgan fingerprint density at radius 3 is 2.52 bits per heavy atom. The van der Waals surface area contributed by atoms with Crippen molar-refractivity contribution in [2.75, 3.05) is 38.9 Å². The van der Waals surface area contributed by atoms with Crippen molar-refractivity contribution < 1.29 is 9.59 Å². The molecule has 0 spiro atoms. The number of alkyl halides is 2. The molecule has 1 aromatic heterocycles. The van der Waals surface area contributed by atoms with Crippen LogP contribution in [0.15, 0.2) is 22.0 Å². The van der Waals surface area contributed by atoms with E-state index in [4.69, 9.17) is 28.9 Å². The molecule has 0 aliphatic heterocycles. The van der Waals surface area contributed by atoms with Gasteiger partial charge in [-0.05, 0) is 0 Å². The lowest BCUT2D eigenvalue weighted by Crippen LogP contribution is -2.38. The molecule has 12 nitrogen and oxygen atoms in total. The molecule has 25 heavy (non-hydrogen) atoms. The first kappa shape index (κ1) is 22.5. The van der Waals surface area contributed by atoms with Crippen LogP contribution in [0.2, 0.25) is 0 Å². The number of amides is 3. The van der Waals surface area contributed by atoms with E-state index in [1.54, 1.807) is 14.1 Å². The van der Waals surface area contributed by atoms with E-state index in [-0.39, 0.29) is 23.9 Å². The first-order chi connectivity index (χ1) is 11.9. The summed E-state index contributed by atoms with van der Waals surface area (Å²) in [6, 6.07) is -0.578. The zero-order valence-electron chi connectivity index (χ0n) is 13.6. The first-order valence-electron chi connectivity index (χ1n) is 6.80. The van der Waals surface area contributed by atoms with Crippen molar-refractivity contribution in [3.63, 3.8) is 0 Å². The molecule has 0 saturated heterocycles. The van der Waals surface area contributed by atoms with Crippen molar-refractivity contribution in [2.24, 2.45) is 21.4 Å². The second-order valence-corrected chi connectivity index (χ2v) is 5.07. The molecule has 0 saturated carbocycles. The molecule has 3 amide bonds. The van der Waals surface area contributed by atoms with Crippen LogP contribution in [0.4, 0.5) is 10.6 Å². The first-order valence-corrected chi connectivity index (χ1v) is 7.86. The maximum Gasteiger partial charge on any atom is 0.340 e. The van der Waals surface area contributed by atoms with Crippen LogP contribution in [-0.4, -0.2) is 70.9 Å². The molecule has 0 unspecified atom stereocenters. The van der Waals surface area contributed by atoms with E-state index in [2.05, 4.69) is 30.9 Å². The fraction of sp³-hybridized carbons (Fsp3) is 0.545. The lowest BCUT2D eigenvalue weighted by atomic mass is 10.4. The third kappa shape index (κ3) is 9.42. The van der Waals surface area contributed by atoms with Gasteiger partial charge < -0.3 is 16.0 Å². The number of primary amides is 1. The molecule has 1 rings (SSSR count). The van der Waals surface area contributed by atoms with E-state index in [9.17, 15) is 14.5 Å². The average Bonchev–Trinajstić information content (AvgIpc) is 3.05. The number of carbonyl (C=O) groups is 2. The molecule has 0 aromatic carbocycles. The molecule has 0 fully saturated rings. The third-order valence-corrected chi connectivity index (χ3v) is 2.53. The lowest BCUT2D eigenvalue weighted by molar-refractivity contribution is 0.0996. The van der Waals surface area contributed by atoms with Crippen molar-refractivity contribution in [1.29, 1.82) is 0 Å². The van der Waals surface area contributed by atoms with E-state index in [1.807, 2.05) is 0 Å². The number of imidazole rings is 1. The summed E-state index contributed by atoms with van der Waals surface area (Å²) in [6.07, 6.45) is 1.34.